The normalized spacial score (nSPS) is 24.7. The Morgan fingerprint density at radius 3 is 2.46 bits per heavy atom. The van der Waals surface area contributed by atoms with Crippen LogP contribution in [0.5, 0.6) is 5.75 Å². The highest BCUT2D eigenvalue weighted by molar-refractivity contribution is 7.98. The van der Waals surface area contributed by atoms with Gasteiger partial charge >= 0.3 is 5.97 Å². The molecule has 1 unspecified atom stereocenters. The van der Waals surface area contributed by atoms with Crippen LogP contribution in [0.1, 0.15) is 19.8 Å². The van der Waals surface area contributed by atoms with Crippen molar-refractivity contribution < 1.29 is 19.4 Å². The average molecular weight is 349 g/mol. The first-order valence-corrected chi connectivity index (χ1v) is 9.54. The van der Waals surface area contributed by atoms with E-state index >= 15 is 0 Å². The fourth-order valence-electron chi connectivity index (χ4n) is 3.44. The second kappa shape index (κ2) is 7.05. The standard InChI is InChI=1S/C18H23NO4S/c1-11(23-13-5-7-14(24-2)8-6-13)17(20)19-9-15(12-3-4-12)16(10-19)18(21)22/h5-8,11-12,15-16H,3-4,9-10H2,1-2H3,(H,21,22)/t11?,15-,16+/m1/s1. The van der Waals surface area contributed by atoms with Gasteiger partial charge in [-0.1, -0.05) is 0 Å². The topological polar surface area (TPSA) is 66.8 Å². The molecule has 0 spiro atoms. The lowest BCUT2D eigenvalue weighted by Crippen LogP contribution is -2.39. The van der Waals surface area contributed by atoms with E-state index in [4.69, 9.17) is 4.74 Å². The molecule has 1 N–H and O–H groups in total. The van der Waals surface area contributed by atoms with Gasteiger partial charge in [-0.2, -0.15) is 0 Å². The van der Waals surface area contributed by atoms with E-state index in [1.807, 2.05) is 30.5 Å². The highest BCUT2D eigenvalue weighted by atomic mass is 32.2. The third-order valence-electron chi connectivity index (χ3n) is 4.94. The highest BCUT2D eigenvalue weighted by Crippen LogP contribution is 2.44. The fraction of sp³-hybridized carbons (Fsp3) is 0.556. The minimum Gasteiger partial charge on any atom is -0.481 e. The minimum absolute atomic E-state index is 0.0968. The fourth-order valence-corrected chi connectivity index (χ4v) is 3.85. The molecule has 1 aromatic rings. The maximum atomic E-state index is 12.6. The van der Waals surface area contributed by atoms with Crippen LogP contribution in [0.25, 0.3) is 0 Å². The predicted octanol–water partition coefficient (Wildman–Crippen LogP) is 2.75. The van der Waals surface area contributed by atoms with Gasteiger partial charge in [0.2, 0.25) is 0 Å². The van der Waals surface area contributed by atoms with Crippen LogP contribution in [0.3, 0.4) is 0 Å². The number of carboxylic acids is 1. The van der Waals surface area contributed by atoms with Gasteiger partial charge in [0.15, 0.2) is 6.10 Å². The summed E-state index contributed by atoms with van der Waals surface area (Å²) in [5.41, 5.74) is 0. The summed E-state index contributed by atoms with van der Waals surface area (Å²) >= 11 is 1.65. The number of carbonyl (C=O) groups is 2. The van der Waals surface area contributed by atoms with Gasteiger partial charge in [-0.15, -0.1) is 11.8 Å². The van der Waals surface area contributed by atoms with Gasteiger partial charge < -0.3 is 14.7 Å². The number of hydrogen-bond donors (Lipinski definition) is 1. The zero-order chi connectivity index (χ0) is 17.3. The molecule has 3 atom stereocenters. The van der Waals surface area contributed by atoms with Gasteiger partial charge in [0.25, 0.3) is 5.91 Å². The molecule has 130 valence electrons. The molecule has 1 saturated carbocycles. The largest absolute Gasteiger partial charge is 0.481 e. The first-order chi connectivity index (χ1) is 11.5. The van der Waals surface area contributed by atoms with Crippen molar-refractivity contribution in [2.75, 3.05) is 19.3 Å². The summed E-state index contributed by atoms with van der Waals surface area (Å²) in [7, 11) is 0. The predicted molar refractivity (Wildman–Crippen MR) is 92.2 cm³/mol. The second-order valence-corrected chi connectivity index (χ2v) is 7.50. The summed E-state index contributed by atoms with van der Waals surface area (Å²) in [5, 5.41) is 9.41. The summed E-state index contributed by atoms with van der Waals surface area (Å²) in [6.07, 6.45) is 3.57. The number of aliphatic carboxylic acids is 1. The molecular weight excluding hydrogens is 326 g/mol. The lowest BCUT2D eigenvalue weighted by Gasteiger charge is -2.22. The molecule has 0 radical (unpaired) electrons. The summed E-state index contributed by atoms with van der Waals surface area (Å²) in [6, 6.07) is 7.62. The molecule has 2 fully saturated rings. The van der Waals surface area contributed by atoms with Crippen LogP contribution in [0.15, 0.2) is 29.2 Å². The van der Waals surface area contributed by atoms with Crippen LogP contribution in [-0.2, 0) is 9.59 Å². The summed E-state index contributed by atoms with van der Waals surface area (Å²) in [4.78, 5) is 26.9. The average Bonchev–Trinajstić information content (AvgIpc) is 3.32. The summed E-state index contributed by atoms with van der Waals surface area (Å²) in [5.74, 6) is -0.128. The molecule has 1 aromatic carbocycles. The van der Waals surface area contributed by atoms with E-state index in [0.717, 1.165) is 17.7 Å². The van der Waals surface area contributed by atoms with Crippen molar-refractivity contribution in [3.63, 3.8) is 0 Å². The number of hydrogen-bond acceptors (Lipinski definition) is 4. The zero-order valence-electron chi connectivity index (χ0n) is 14.0. The molecular formula is C18H23NO4S. The Hall–Kier alpha value is -1.69. The molecule has 1 heterocycles. The maximum absolute atomic E-state index is 12.6. The molecule has 2 aliphatic rings. The van der Waals surface area contributed by atoms with Crippen molar-refractivity contribution in [3.05, 3.63) is 24.3 Å². The van der Waals surface area contributed by atoms with Gasteiger partial charge in [-0.3, -0.25) is 9.59 Å². The monoisotopic (exact) mass is 349 g/mol. The number of rotatable bonds is 6. The molecule has 6 heteroatoms. The van der Waals surface area contributed by atoms with Crippen molar-refractivity contribution in [1.82, 2.24) is 4.90 Å². The molecule has 1 saturated heterocycles. The Bertz CT molecular complexity index is 614. The zero-order valence-corrected chi connectivity index (χ0v) is 14.8. The Balaban J connectivity index is 1.61. The van der Waals surface area contributed by atoms with Gasteiger partial charge in [0.1, 0.15) is 5.75 Å². The Morgan fingerprint density at radius 2 is 1.92 bits per heavy atom. The number of ether oxygens (including phenoxy) is 1. The molecule has 1 amide bonds. The van der Waals surface area contributed by atoms with Crippen LogP contribution in [0.4, 0.5) is 0 Å². The second-order valence-electron chi connectivity index (χ2n) is 6.62. The van der Waals surface area contributed by atoms with Crippen molar-refractivity contribution in [1.29, 1.82) is 0 Å². The molecule has 1 aliphatic heterocycles. The molecule has 3 rings (SSSR count). The van der Waals surface area contributed by atoms with Crippen LogP contribution < -0.4 is 4.74 Å². The van der Waals surface area contributed by atoms with Crippen molar-refractivity contribution in [2.45, 2.75) is 30.8 Å². The van der Waals surface area contributed by atoms with E-state index in [1.165, 1.54) is 0 Å². The van der Waals surface area contributed by atoms with E-state index in [9.17, 15) is 14.7 Å². The third kappa shape index (κ3) is 3.69. The van der Waals surface area contributed by atoms with Gasteiger partial charge in [-0.25, -0.2) is 0 Å². The van der Waals surface area contributed by atoms with Gasteiger partial charge in [-0.05, 0) is 62.1 Å². The van der Waals surface area contributed by atoms with Gasteiger partial charge in [0, 0.05) is 18.0 Å². The molecule has 24 heavy (non-hydrogen) atoms. The van der Waals surface area contributed by atoms with E-state index in [1.54, 1.807) is 23.6 Å². The lowest BCUT2D eigenvalue weighted by atomic mass is 9.92. The van der Waals surface area contributed by atoms with Crippen LogP contribution in [0, 0.1) is 17.8 Å². The first kappa shape index (κ1) is 17.1. The van der Waals surface area contributed by atoms with Crippen LogP contribution >= 0.6 is 11.8 Å². The molecule has 0 bridgehead atoms. The van der Waals surface area contributed by atoms with Crippen LogP contribution in [0.2, 0.25) is 0 Å². The van der Waals surface area contributed by atoms with E-state index in [0.29, 0.717) is 24.8 Å². The lowest BCUT2D eigenvalue weighted by molar-refractivity contribution is -0.143. The minimum atomic E-state index is -0.788. The van der Waals surface area contributed by atoms with E-state index in [-0.39, 0.29) is 11.8 Å². The Kier molecular flexibility index (Phi) is 5.04. The quantitative estimate of drug-likeness (QED) is 0.800. The highest BCUT2D eigenvalue weighted by Gasteiger charge is 2.47. The number of likely N-dealkylation sites (tertiary alicyclic amines) is 1. The summed E-state index contributed by atoms with van der Waals surface area (Å²) in [6.45, 7) is 2.57. The molecule has 5 nitrogen and oxygen atoms in total. The number of nitrogens with zero attached hydrogens (tertiary/aromatic N) is 1. The number of thioether (sulfide) groups is 1. The Labute approximate surface area is 146 Å². The first-order valence-electron chi connectivity index (χ1n) is 8.32. The van der Waals surface area contributed by atoms with Gasteiger partial charge in [0.05, 0.1) is 5.92 Å². The smallest absolute Gasteiger partial charge is 0.308 e. The number of amides is 1. The van der Waals surface area contributed by atoms with Crippen molar-refractivity contribution >= 4 is 23.6 Å². The SMILES string of the molecule is CSc1ccc(OC(C)C(=O)N2C[C@H](C(=O)O)[C@@H](C3CC3)C2)cc1. The van der Waals surface area contributed by atoms with Crippen LogP contribution in [-0.4, -0.2) is 47.3 Å². The number of carbonyl (C=O) groups excluding carboxylic acids is 1. The molecule has 0 aromatic heterocycles. The number of carboxylic acid groups (broad SMARTS) is 1. The maximum Gasteiger partial charge on any atom is 0.308 e. The van der Waals surface area contributed by atoms with Crippen molar-refractivity contribution in [3.8, 4) is 5.75 Å². The molecule has 1 aliphatic carbocycles. The van der Waals surface area contributed by atoms with Crippen molar-refractivity contribution in [2.24, 2.45) is 17.8 Å². The summed E-state index contributed by atoms with van der Waals surface area (Å²) < 4.78 is 5.75. The number of benzene rings is 1. The Morgan fingerprint density at radius 1 is 1.25 bits per heavy atom. The third-order valence-corrected chi connectivity index (χ3v) is 5.69. The van der Waals surface area contributed by atoms with E-state index < -0.39 is 18.0 Å². The van der Waals surface area contributed by atoms with E-state index in [2.05, 4.69) is 0 Å².